The Bertz CT molecular complexity index is 1390. The molecule has 0 radical (unpaired) electrons. The lowest BCUT2D eigenvalue weighted by molar-refractivity contribution is 0.0600. The summed E-state index contributed by atoms with van der Waals surface area (Å²) in [6.45, 7) is 4.84. The number of nitrogens with one attached hydrogen (secondary N) is 1. The Labute approximate surface area is 215 Å². The molecule has 7 nitrogen and oxygen atoms in total. The minimum atomic E-state index is -0.349. The number of pyridine rings is 2. The van der Waals surface area contributed by atoms with Gasteiger partial charge in [-0.2, -0.15) is 0 Å². The smallest absolute Gasteiger partial charge is 0.337 e. The number of aromatic nitrogens is 3. The summed E-state index contributed by atoms with van der Waals surface area (Å²) in [6.07, 6.45) is 5.46. The number of hydrogen-bond donors (Lipinski definition) is 1. The largest absolute Gasteiger partial charge is 0.465 e. The summed E-state index contributed by atoms with van der Waals surface area (Å²) in [5, 5.41) is 4.21. The van der Waals surface area contributed by atoms with E-state index in [1.165, 1.54) is 7.11 Å². The van der Waals surface area contributed by atoms with E-state index in [0.29, 0.717) is 17.2 Å². The fourth-order valence-corrected chi connectivity index (χ4v) is 5.26. The van der Waals surface area contributed by atoms with Crippen molar-refractivity contribution >= 4 is 23.3 Å². The number of hydrogen-bond acceptors (Lipinski definition) is 5. The molecule has 1 N–H and O–H groups in total. The first-order valence-electron chi connectivity index (χ1n) is 11.7. The van der Waals surface area contributed by atoms with Crippen LogP contribution in [0.15, 0.2) is 79.3 Å². The zero-order chi connectivity index (χ0) is 25.2. The number of rotatable bonds is 6. The highest BCUT2D eigenvalue weighted by Crippen LogP contribution is 2.42. The van der Waals surface area contributed by atoms with Crippen LogP contribution in [0, 0.1) is 13.8 Å². The second kappa shape index (κ2) is 9.91. The van der Waals surface area contributed by atoms with E-state index >= 15 is 0 Å². The Hall–Kier alpha value is -4.04. The van der Waals surface area contributed by atoms with Crippen LogP contribution in [-0.2, 0) is 11.3 Å². The van der Waals surface area contributed by atoms with Crippen LogP contribution in [0.4, 0.5) is 0 Å². The molecule has 1 fully saturated rings. The van der Waals surface area contributed by atoms with Crippen LogP contribution in [0.2, 0.25) is 0 Å². The van der Waals surface area contributed by atoms with Gasteiger partial charge in [-0.15, -0.1) is 0 Å². The van der Waals surface area contributed by atoms with Crippen LogP contribution in [0.1, 0.15) is 50.7 Å². The minimum absolute atomic E-state index is 0.0677. The van der Waals surface area contributed by atoms with Gasteiger partial charge >= 0.3 is 5.97 Å². The van der Waals surface area contributed by atoms with Gasteiger partial charge in [0.1, 0.15) is 0 Å². The van der Waals surface area contributed by atoms with E-state index < -0.39 is 0 Å². The average molecular weight is 498 g/mol. The standard InChI is InChI=1S/C28H27N5O2S/c1-18-15-23(19(2)33(18)22-11-9-21(10-12-22)27(34)35-3)26-25(24-8-4-5-14-30-24)31-28(36)32(26)17-20-7-6-13-29-16-20/h4-16,25-26H,17H2,1-3H3,(H,31,36)/t25-,26-/m1/s1. The van der Waals surface area contributed by atoms with Crippen molar-refractivity contribution in [3.63, 3.8) is 0 Å². The highest BCUT2D eigenvalue weighted by molar-refractivity contribution is 7.80. The molecule has 0 amide bonds. The van der Waals surface area contributed by atoms with Crippen molar-refractivity contribution in [2.24, 2.45) is 0 Å². The van der Waals surface area contributed by atoms with Gasteiger partial charge in [-0.25, -0.2) is 4.79 Å². The molecule has 0 spiro atoms. The number of nitrogens with zero attached hydrogens (tertiary/aromatic N) is 4. The van der Waals surface area contributed by atoms with Gasteiger partial charge in [0.25, 0.3) is 0 Å². The summed E-state index contributed by atoms with van der Waals surface area (Å²) < 4.78 is 7.05. The fourth-order valence-electron chi connectivity index (χ4n) is 4.95. The molecule has 1 saturated heterocycles. The number of benzene rings is 1. The van der Waals surface area contributed by atoms with Crippen LogP contribution >= 0.6 is 12.2 Å². The molecule has 0 unspecified atom stereocenters. The average Bonchev–Trinajstić information content (AvgIpc) is 3.39. The van der Waals surface area contributed by atoms with E-state index in [1.807, 2.05) is 48.8 Å². The molecule has 3 aromatic heterocycles. The molecule has 2 atom stereocenters. The van der Waals surface area contributed by atoms with Gasteiger partial charge in [-0.3, -0.25) is 9.97 Å². The summed E-state index contributed by atoms with van der Waals surface area (Å²) in [6, 6.07) is 19.5. The molecule has 0 aliphatic carbocycles. The number of ether oxygens (including phenoxy) is 1. The highest BCUT2D eigenvalue weighted by atomic mass is 32.1. The predicted octanol–water partition coefficient (Wildman–Crippen LogP) is 4.84. The zero-order valence-corrected chi connectivity index (χ0v) is 21.2. The lowest BCUT2D eigenvalue weighted by atomic mass is 9.96. The Morgan fingerprint density at radius 3 is 2.56 bits per heavy atom. The Balaban J connectivity index is 1.58. The lowest BCUT2D eigenvalue weighted by Crippen LogP contribution is -2.29. The molecule has 1 aliphatic heterocycles. The molecule has 1 aliphatic rings. The SMILES string of the molecule is COC(=O)c1ccc(-n2c(C)cc([C@@H]3[C@@H](c4ccccn4)NC(=S)N3Cc3cccnc3)c2C)cc1. The molecule has 5 rings (SSSR count). The predicted molar refractivity (Wildman–Crippen MR) is 142 cm³/mol. The first kappa shape index (κ1) is 23.7. The molecule has 0 bridgehead atoms. The van der Waals surface area contributed by atoms with Crippen LogP contribution in [0.3, 0.4) is 0 Å². The van der Waals surface area contributed by atoms with Crippen LogP contribution in [0.25, 0.3) is 5.69 Å². The number of carbonyl (C=O) groups excluding carboxylic acids is 1. The van der Waals surface area contributed by atoms with E-state index in [9.17, 15) is 4.79 Å². The van der Waals surface area contributed by atoms with E-state index in [-0.39, 0.29) is 18.1 Å². The Morgan fingerprint density at radius 1 is 1.08 bits per heavy atom. The van der Waals surface area contributed by atoms with Gasteiger partial charge in [0.2, 0.25) is 0 Å². The van der Waals surface area contributed by atoms with Gasteiger partial charge in [0.15, 0.2) is 5.11 Å². The van der Waals surface area contributed by atoms with Crippen molar-refractivity contribution in [2.75, 3.05) is 7.11 Å². The molecular formula is C28H27N5O2S. The molecular weight excluding hydrogens is 470 g/mol. The van der Waals surface area contributed by atoms with Gasteiger partial charge in [-0.1, -0.05) is 12.1 Å². The number of carbonyl (C=O) groups is 1. The monoisotopic (exact) mass is 497 g/mol. The lowest BCUT2D eigenvalue weighted by Gasteiger charge is -2.28. The third-order valence-corrected chi connectivity index (χ3v) is 6.96. The third-order valence-electron chi connectivity index (χ3n) is 6.61. The van der Waals surface area contributed by atoms with Crippen molar-refractivity contribution in [2.45, 2.75) is 32.5 Å². The Kier molecular flexibility index (Phi) is 6.52. The highest BCUT2D eigenvalue weighted by Gasteiger charge is 2.41. The van der Waals surface area contributed by atoms with Gasteiger partial charge in [0, 0.05) is 42.2 Å². The first-order valence-corrected chi connectivity index (χ1v) is 12.1. The summed E-state index contributed by atoms with van der Waals surface area (Å²) in [7, 11) is 1.39. The number of methoxy groups -OCH3 is 1. The third kappa shape index (κ3) is 4.35. The maximum Gasteiger partial charge on any atom is 0.337 e. The van der Waals surface area contributed by atoms with Crippen LogP contribution in [-0.4, -0.2) is 37.6 Å². The fraction of sp³-hybridized carbons (Fsp3) is 0.214. The van der Waals surface area contributed by atoms with Crippen LogP contribution in [0.5, 0.6) is 0 Å². The topological polar surface area (TPSA) is 72.3 Å². The maximum atomic E-state index is 11.9. The number of aryl methyl sites for hydroxylation is 1. The summed E-state index contributed by atoms with van der Waals surface area (Å²) in [4.78, 5) is 23.1. The van der Waals surface area contributed by atoms with Gasteiger partial charge < -0.3 is 19.5 Å². The molecule has 1 aromatic carbocycles. The molecule has 8 heteroatoms. The number of esters is 1. The zero-order valence-electron chi connectivity index (χ0n) is 20.4. The van der Waals surface area contributed by atoms with Crippen molar-refractivity contribution < 1.29 is 9.53 Å². The van der Waals surface area contributed by atoms with Crippen molar-refractivity contribution in [1.82, 2.24) is 24.8 Å². The second-order valence-corrected chi connectivity index (χ2v) is 9.20. The maximum absolute atomic E-state index is 11.9. The second-order valence-electron chi connectivity index (χ2n) is 8.82. The summed E-state index contributed by atoms with van der Waals surface area (Å²) >= 11 is 5.84. The van der Waals surface area contributed by atoms with Crippen molar-refractivity contribution in [3.8, 4) is 5.69 Å². The van der Waals surface area contributed by atoms with E-state index in [0.717, 1.165) is 33.9 Å². The Morgan fingerprint density at radius 2 is 1.89 bits per heavy atom. The van der Waals surface area contributed by atoms with E-state index in [2.05, 4.69) is 50.7 Å². The van der Waals surface area contributed by atoms with E-state index in [1.54, 1.807) is 18.3 Å². The van der Waals surface area contributed by atoms with Gasteiger partial charge in [-0.05, 0) is 85.7 Å². The minimum Gasteiger partial charge on any atom is -0.465 e. The molecule has 36 heavy (non-hydrogen) atoms. The molecule has 4 aromatic rings. The van der Waals surface area contributed by atoms with Crippen molar-refractivity contribution in [3.05, 3.63) is 113 Å². The normalized spacial score (nSPS) is 17.2. The summed E-state index contributed by atoms with van der Waals surface area (Å²) in [5.41, 5.74) is 6.87. The molecule has 4 heterocycles. The summed E-state index contributed by atoms with van der Waals surface area (Å²) in [5.74, 6) is -0.349. The van der Waals surface area contributed by atoms with Crippen LogP contribution < -0.4 is 5.32 Å². The molecule has 182 valence electrons. The first-order chi connectivity index (χ1) is 17.5. The quantitative estimate of drug-likeness (QED) is 0.302. The molecule has 0 saturated carbocycles. The van der Waals surface area contributed by atoms with Crippen molar-refractivity contribution in [1.29, 1.82) is 0 Å². The van der Waals surface area contributed by atoms with Gasteiger partial charge in [0.05, 0.1) is 30.5 Å². The number of thiocarbonyl (C=S) groups is 1. The van der Waals surface area contributed by atoms with E-state index in [4.69, 9.17) is 17.0 Å².